The molecule has 1 amide bonds. The second-order valence-corrected chi connectivity index (χ2v) is 5.27. The van der Waals surface area contributed by atoms with Gasteiger partial charge in [0.25, 0.3) is 0 Å². The van der Waals surface area contributed by atoms with Crippen LogP contribution in [0, 0.1) is 0 Å². The van der Waals surface area contributed by atoms with Gasteiger partial charge in [0.1, 0.15) is 0 Å². The second-order valence-electron chi connectivity index (χ2n) is 3.59. The van der Waals surface area contributed by atoms with Gasteiger partial charge in [-0.25, -0.2) is 5.84 Å². The number of amides is 1. The summed E-state index contributed by atoms with van der Waals surface area (Å²) in [6.07, 6.45) is 1.67. The molecule has 1 atom stereocenters. The summed E-state index contributed by atoms with van der Waals surface area (Å²) in [5.74, 6) is 4.98. The summed E-state index contributed by atoms with van der Waals surface area (Å²) in [5.41, 5.74) is 8.34. The average molecular weight is 274 g/mol. The molecule has 0 fully saturated rings. The Morgan fingerprint density at radius 3 is 2.82 bits per heavy atom. The minimum Gasteiger partial charge on any atom is -0.398 e. The number of carbonyl (C=O) groups is 1. The molecule has 0 heterocycles. The molecular formula is C11H16ClN3OS. The van der Waals surface area contributed by atoms with E-state index in [-0.39, 0.29) is 11.2 Å². The van der Waals surface area contributed by atoms with Crippen molar-refractivity contribution in [3.05, 3.63) is 23.2 Å². The largest absolute Gasteiger partial charge is 0.398 e. The molecule has 94 valence electrons. The third-order valence-corrected chi connectivity index (χ3v) is 3.82. The molecule has 0 spiro atoms. The first-order chi connectivity index (χ1) is 8.08. The van der Waals surface area contributed by atoms with Gasteiger partial charge in [-0.1, -0.05) is 24.9 Å². The number of halogens is 1. The predicted molar refractivity (Wildman–Crippen MR) is 72.7 cm³/mol. The second kappa shape index (κ2) is 6.74. The fourth-order valence-corrected chi connectivity index (χ4v) is 2.78. The summed E-state index contributed by atoms with van der Waals surface area (Å²) in [7, 11) is 0. The van der Waals surface area contributed by atoms with Gasteiger partial charge in [-0.3, -0.25) is 10.2 Å². The lowest BCUT2D eigenvalue weighted by molar-refractivity contribution is -0.120. The average Bonchev–Trinajstić information content (AvgIpc) is 2.32. The van der Waals surface area contributed by atoms with Crippen molar-refractivity contribution in [2.24, 2.45) is 5.84 Å². The lowest BCUT2D eigenvalue weighted by atomic mass is 10.2. The molecule has 0 saturated heterocycles. The lowest BCUT2D eigenvalue weighted by Gasteiger charge is -2.14. The molecule has 1 aromatic rings. The Labute approximate surface area is 110 Å². The fraction of sp³-hybridized carbons (Fsp3) is 0.364. The van der Waals surface area contributed by atoms with E-state index in [2.05, 4.69) is 5.43 Å². The molecular weight excluding hydrogens is 258 g/mol. The molecule has 0 radical (unpaired) electrons. The first-order valence-corrected chi connectivity index (χ1v) is 6.56. The van der Waals surface area contributed by atoms with Crippen molar-refractivity contribution in [3.8, 4) is 0 Å². The number of nitrogens with two attached hydrogens (primary N) is 2. The standard InChI is InChI=1S/C11H16ClN3OS/c1-2-3-10(11(16)15-14)17-7-4-5-9(13)8(12)6-7/h4-6,10H,2-3,13-14H2,1H3,(H,15,16). The zero-order chi connectivity index (χ0) is 12.8. The molecule has 1 rings (SSSR count). The van der Waals surface area contributed by atoms with Gasteiger partial charge in [0.05, 0.1) is 16.0 Å². The molecule has 0 aliphatic rings. The molecule has 17 heavy (non-hydrogen) atoms. The Morgan fingerprint density at radius 2 is 2.29 bits per heavy atom. The Bertz CT molecular complexity index is 400. The van der Waals surface area contributed by atoms with Crippen LogP contribution in [-0.2, 0) is 4.79 Å². The first kappa shape index (κ1) is 14.2. The highest BCUT2D eigenvalue weighted by Gasteiger charge is 2.18. The van der Waals surface area contributed by atoms with Crippen molar-refractivity contribution in [3.63, 3.8) is 0 Å². The van der Waals surface area contributed by atoms with Crippen LogP contribution >= 0.6 is 23.4 Å². The summed E-state index contributed by atoms with van der Waals surface area (Å²) in [6.45, 7) is 2.02. The fourth-order valence-electron chi connectivity index (χ4n) is 1.34. The van der Waals surface area contributed by atoms with E-state index < -0.39 is 0 Å². The number of thioether (sulfide) groups is 1. The highest BCUT2D eigenvalue weighted by molar-refractivity contribution is 8.00. The van der Waals surface area contributed by atoms with E-state index in [1.165, 1.54) is 11.8 Å². The van der Waals surface area contributed by atoms with E-state index in [0.717, 1.165) is 17.7 Å². The van der Waals surface area contributed by atoms with Crippen molar-refractivity contribution in [1.29, 1.82) is 0 Å². The monoisotopic (exact) mass is 273 g/mol. The van der Waals surface area contributed by atoms with Crippen LogP contribution in [0.5, 0.6) is 0 Å². The van der Waals surface area contributed by atoms with Crippen LogP contribution in [0.1, 0.15) is 19.8 Å². The molecule has 5 N–H and O–H groups in total. The Kier molecular flexibility index (Phi) is 5.61. The van der Waals surface area contributed by atoms with Gasteiger partial charge < -0.3 is 5.73 Å². The van der Waals surface area contributed by atoms with Crippen LogP contribution < -0.4 is 17.0 Å². The molecule has 1 unspecified atom stereocenters. The summed E-state index contributed by atoms with van der Waals surface area (Å²) in [6, 6.07) is 5.33. The molecule has 4 nitrogen and oxygen atoms in total. The van der Waals surface area contributed by atoms with Gasteiger partial charge in [-0.15, -0.1) is 11.8 Å². The van der Waals surface area contributed by atoms with E-state index in [4.69, 9.17) is 23.2 Å². The normalized spacial score (nSPS) is 12.2. The highest BCUT2D eigenvalue weighted by Crippen LogP contribution is 2.30. The van der Waals surface area contributed by atoms with Gasteiger partial charge in [0, 0.05) is 4.90 Å². The summed E-state index contributed by atoms with van der Waals surface area (Å²) >= 11 is 7.36. The molecule has 1 aromatic carbocycles. The number of hydrogen-bond acceptors (Lipinski definition) is 4. The van der Waals surface area contributed by atoms with Crippen molar-refractivity contribution < 1.29 is 4.79 Å². The summed E-state index contributed by atoms with van der Waals surface area (Å²) in [4.78, 5) is 12.5. The quantitative estimate of drug-likeness (QED) is 0.252. The number of hydrogen-bond donors (Lipinski definition) is 3. The number of nitrogens with one attached hydrogen (secondary N) is 1. The number of nitrogen functional groups attached to an aromatic ring is 1. The van der Waals surface area contributed by atoms with Crippen LogP contribution in [0.15, 0.2) is 23.1 Å². The third kappa shape index (κ3) is 4.11. The van der Waals surface area contributed by atoms with Gasteiger partial charge in [0.15, 0.2) is 0 Å². The molecule has 0 saturated carbocycles. The molecule has 0 aliphatic heterocycles. The maximum atomic E-state index is 11.5. The van der Waals surface area contributed by atoms with E-state index in [0.29, 0.717) is 10.7 Å². The topological polar surface area (TPSA) is 81.1 Å². The number of rotatable bonds is 5. The van der Waals surface area contributed by atoms with Crippen molar-refractivity contribution in [1.82, 2.24) is 5.43 Å². The summed E-state index contributed by atoms with van der Waals surface area (Å²) in [5, 5.41) is 0.295. The minimum atomic E-state index is -0.204. The highest BCUT2D eigenvalue weighted by atomic mass is 35.5. The number of anilines is 1. The van der Waals surface area contributed by atoms with Gasteiger partial charge in [-0.2, -0.15) is 0 Å². The number of hydrazine groups is 1. The van der Waals surface area contributed by atoms with Crippen LogP contribution in [0.4, 0.5) is 5.69 Å². The Balaban J connectivity index is 2.78. The van der Waals surface area contributed by atoms with Crippen molar-refractivity contribution in [2.45, 2.75) is 29.9 Å². The maximum Gasteiger partial charge on any atom is 0.247 e. The SMILES string of the molecule is CCCC(Sc1ccc(N)c(Cl)c1)C(=O)NN. The Hall–Kier alpha value is -0.910. The van der Waals surface area contributed by atoms with E-state index in [1.54, 1.807) is 12.1 Å². The maximum absolute atomic E-state index is 11.5. The van der Waals surface area contributed by atoms with E-state index in [9.17, 15) is 4.79 Å². The minimum absolute atomic E-state index is 0.176. The zero-order valence-corrected chi connectivity index (χ0v) is 11.1. The lowest BCUT2D eigenvalue weighted by Crippen LogP contribution is -2.37. The van der Waals surface area contributed by atoms with Crippen LogP contribution in [0.25, 0.3) is 0 Å². The Morgan fingerprint density at radius 1 is 1.59 bits per heavy atom. The van der Waals surface area contributed by atoms with Gasteiger partial charge >= 0.3 is 0 Å². The van der Waals surface area contributed by atoms with Crippen LogP contribution in [0.2, 0.25) is 5.02 Å². The van der Waals surface area contributed by atoms with Crippen molar-refractivity contribution in [2.75, 3.05) is 5.73 Å². The van der Waals surface area contributed by atoms with Crippen LogP contribution in [-0.4, -0.2) is 11.2 Å². The van der Waals surface area contributed by atoms with Gasteiger partial charge in [-0.05, 0) is 24.6 Å². The van der Waals surface area contributed by atoms with Gasteiger partial charge in [0.2, 0.25) is 5.91 Å². The summed E-state index contributed by atoms with van der Waals surface area (Å²) < 4.78 is 0. The van der Waals surface area contributed by atoms with E-state index in [1.807, 2.05) is 13.0 Å². The zero-order valence-electron chi connectivity index (χ0n) is 9.57. The van der Waals surface area contributed by atoms with Crippen molar-refractivity contribution >= 4 is 35.0 Å². The third-order valence-electron chi connectivity index (χ3n) is 2.24. The van der Waals surface area contributed by atoms with Crippen LogP contribution in [0.3, 0.4) is 0 Å². The number of carbonyl (C=O) groups excluding carboxylic acids is 1. The number of benzene rings is 1. The first-order valence-electron chi connectivity index (χ1n) is 5.30. The van der Waals surface area contributed by atoms with E-state index >= 15 is 0 Å². The molecule has 0 aromatic heterocycles. The molecule has 0 aliphatic carbocycles. The predicted octanol–water partition coefficient (Wildman–Crippen LogP) is 2.17. The smallest absolute Gasteiger partial charge is 0.247 e. The molecule has 6 heteroatoms. The molecule has 0 bridgehead atoms.